The number of ketones is 1. The summed E-state index contributed by atoms with van der Waals surface area (Å²) >= 11 is 2.55. The van der Waals surface area contributed by atoms with Crippen LogP contribution in [0.4, 0.5) is 5.13 Å². The molecule has 0 saturated heterocycles. The molecule has 0 radical (unpaired) electrons. The molecule has 0 fully saturated rings. The zero-order valence-electron chi connectivity index (χ0n) is 16.3. The fourth-order valence-electron chi connectivity index (χ4n) is 2.97. The summed E-state index contributed by atoms with van der Waals surface area (Å²) in [6.45, 7) is 3.66. The van der Waals surface area contributed by atoms with Crippen molar-refractivity contribution in [1.82, 2.24) is 14.5 Å². The molecule has 0 aliphatic rings. The number of hydrogen-bond donors (Lipinski definition) is 1. The molecule has 3 aromatic heterocycles. The van der Waals surface area contributed by atoms with Crippen LogP contribution in [0.1, 0.15) is 28.6 Å². The van der Waals surface area contributed by atoms with Crippen molar-refractivity contribution in [3.63, 3.8) is 0 Å². The highest BCUT2D eigenvalue weighted by molar-refractivity contribution is 7.17. The van der Waals surface area contributed by atoms with Gasteiger partial charge in [0.25, 0.3) is 5.56 Å². The smallest absolute Gasteiger partial charge is 0.262 e. The Morgan fingerprint density at radius 3 is 2.63 bits per heavy atom. The fourth-order valence-corrected chi connectivity index (χ4v) is 4.61. The van der Waals surface area contributed by atoms with Crippen molar-refractivity contribution >= 4 is 49.7 Å². The number of aryl methyl sites for hydroxylation is 2. The van der Waals surface area contributed by atoms with Gasteiger partial charge < -0.3 is 5.32 Å². The standard InChI is InChI=1S/C21H18N4O3S2/c1-12-3-5-14(6-4-12)15-10-29-19-18(15)20(28)25(11-23-19)8-7-17(27)24-21-22-9-16(30-21)13(2)26/h3-6,9-11H,7-8H2,1-2H3,(H,22,24,27). The Hall–Kier alpha value is -3.17. The van der Waals surface area contributed by atoms with Gasteiger partial charge in [-0.2, -0.15) is 0 Å². The van der Waals surface area contributed by atoms with Crippen LogP contribution >= 0.6 is 22.7 Å². The first-order valence-electron chi connectivity index (χ1n) is 9.22. The molecule has 7 nitrogen and oxygen atoms in total. The molecular weight excluding hydrogens is 420 g/mol. The van der Waals surface area contributed by atoms with Crippen LogP contribution in [0, 0.1) is 6.92 Å². The molecule has 1 N–H and O–H groups in total. The zero-order chi connectivity index (χ0) is 21.3. The number of benzene rings is 1. The molecule has 30 heavy (non-hydrogen) atoms. The Labute approximate surface area is 180 Å². The van der Waals surface area contributed by atoms with Gasteiger partial charge in [-0.15, -0.1) is 11.3 Å². The number of thiazole rings is 1. The number of fused-ring (bicyclic) bond motifs is 1. The van der Waals surface area contributed by atoms with Gasteiger partial charge in [0.2, 0.25) is 5.91 Å². The van der Waals surface area contributed by atoms with Gasteiger partial charge in [-0.1, -0.05) is 41.2 Å². The molecule has 0 aliphatic carbocycles. The SMILES string of the molecule is CC(=O)c1cnc(NC(=O)CCn2cnc3scc(-c4ccc(C)cc4)c3c2=O)s1. The van der Waals surface area contributed by atoms with Crippen molar-refractivity contribution < 1.29 is 9.59 Å². The number of nitrogens with zero attached hydrogens (tertiary/aromatic N) is 3. The quantitative estimate of drug-likeness (QED) is 0.457. The van der Waals surface area contributed by atoms with E-state index < -0.39 is 0 Å². The Bertz CT molecular complexity index is 1300. The van der Waals surface area contributed by atoms with Crippen LogP contribution in [0.15, 0.2) is 47.0 Å². The molecule has 4 aromatic rings. The third-order valence-electron chi connectivity index (χ3n) is 4.60. The number of thiophene rings is 1. The lowest BCUT2D eigenvalue weighted by Crippen LogP contribution is -2.23. The van der Waals surface area contributed by atoms with Crippen molar-refractivity contribution in [2.45, 2.75) is 26.8 Å². The molecule has 1 amide bonds. The molecule has 152 valence electrons. The molecule has 0 saturated carbocycles. The summed E-state index contributed by atoms with van der Waals surface area (Å²) in [5.41, 5.74) is 2.80. The minimum absolute atomic E-state index is 0.0894. The highest BCUT2D eigenvalue weighted by atomic mass is 32.1. The number of aromatic nitrogens is 3. The van der Waals surface area contributed by atoms with Crippen LogP contribution in [-0.4, -0.2) is 26.2 Å². The van der Waals surface area contributed by atoms with E-state index in [1.54, 1.807) is 0 Å². The van der Waals surface area contributed by atoms with Gasteiger partial charge in [-0.3, -0.25) is 19.0 Å². The van der Waals surface area contributed by atoms with Crippen LogP contribution in [-0.2, 0) is 11.3 Å². The minimum atomic E-state index is -0.282. The number of carbonyl (C=O) groups excluding carboxylic acids is 2. The monoisotopic (exact) mass is 438 g/mol. The minimum Gasteiger partial charge on any atom is -0.302 e. The molecule has 1 aromatic carbocycles. The van der Waals surface area contributed by atoms with Crippen molar-refractivity contribution in [3.05, 3.63) is 63.0 Å². The Kier molecular flexibility index (Phi) is 5.56. The highest BCUT2D eigenvalue weighted by Gasteiger charge is 2.14. The lowest BCUT2D eigenvalue weighted by Gasteiger charge is -2.06. The van der Waals surface area contributed by atoms with E-state index in [1.165, 1.54) is 35.4 Å². The third kappa shape index (κ3) is 4.07. The molecule has 0 unspecified atom stereocenters. The average molecular weight is 439 g/mol. The fraction of sp³-hybridized carbons (Fsp3) is 0.190. The van der Waals surface area contributed by atoms with Crippen molar-refractivity contribution in [3.8, 4) is 11.1 Å². The molecule has 0 atom stereocenters. The number of nitrogens with one attached hydrogen (secondary N) is 1. The van der Waals surface area contributed by atoms with E-state index in [-0.39, 0.29) is 30.2 Å². The largest absolute Gasteiger partial charge is 0.302 e. The van der Waals surface area contributed by atoms with Crippen molar-refractivity contribution in [2.24, 2.45) is 0 Å². The second-order valence-electron chi connectivity index (χ2n) is 6.82. The number of anilines is 1. The van der Waals surface area contributed by atoms with E-state index in [2.05, 4.69) is 15.3 Å². The molecule has 9 heteroatoms. The first-order chi connectivity index (χ1) is 14.4. The van der Waals surface area contributed by atoms with Gasteiger partial charge in [0.05, 0.1) is 22.8 Å². The number of rotatable bonds is 6. The molecule has 0 aliphatic heterocycles. The topological polar surface area (TPSA) is 93.9 Å². The van der Waals surface area contributed by atoms with Crippen molar-refractivity contribution in [1.29, 1.82) is 0 Å². The van der Waals surface area contributed by atoms with Crippen LogP contribution in [0.2, 0.25) is 0 Å². The third-order valence-corrected chi connectivity index (χ3v) is 6.50. The molecule has 0 spiro atoms. The molecular formula is C21H18N4O3S2. The second-order valence-corrected chi connectivity index (χ2v) is 8.71. The number of carbonyl (C=O) groups is 2. The van der Waals surface area contributed by atoms with E-state index in [4.69, 9.17) is 0 Å². The predicted molar refractivity (Wildman–Crippen MR) is 119 cm³/mol. The van der Waals surface area contributed by atoms with E-state index in [1.807, 2.05) is 36.6 Å². The van der Waals surface area contributed by atoms with Gasteiger partial charge in [-0.25, -0.2) is 9.97 Å². The number of amides is 1. The summed E-state index contributed by atoms with van der Waals surface area (Å²) in [5.74, 6) is -0.380. The second kappa shape index (κ2) is 8.29. The maximum atomic E-state index is 13.0. The summed E-state index contributed by atoms with van der Waals surface area (Å²) in [4.78, 5) is 46.2. The van der Waals surface area contributed by atoms with E-state index in [9.17, 15) is 14.4 Å². The van der Waals surface area contributed by atoms with Gasteiger partial charge >= 0.3 is 0 Å². The van der Waals surface area contributed by atoms with Gasteiger partial charge in [-0.05, 0) is 12.5 Å². The Balaban J connectivity index is 1.53. The van der Waals surface area contributed by atoms with Crippen LogP contribution in [0.25, 0.3) is 21.3 Å². The van der Waals surface area contributed by atoms with E-state index in [0.717, 1.165) is 28.0 Å². The zero-order valence-corrected chi connectivity index (χ0v) is 18.0. The van der Waals surface area contributed by atoms with E-state index >= 15 is 0 Å². The van der Waals surface area contributed by atoms with Gasteiger partial charge in [0.15, 0.2) is 10.9 Å². The maximum Gasteiger partial charge on any atom is 0.262 e. The average Bonchev–Trinajstić information content (AvgIpc) is 3.36. The molecule has 4 rings (SSSR count). The molecule has 0 bridgehead atoms. The maximum absolute atomic E-state index is 13.0. The first kappa shape index (κ1) is 20.1. The predicted octanol–water partition coefficient (Wildman–Crippen LogP) is 4.12. The highest BCUT2D eigenvalue weighted by Crippen LogP contribution is 2.30. The van der Waals surface area contributed by atoms with Crippen LogP contribution in [0.3, 0.4) is 0 Å². The van der Waals surface area contributed by atoms with Gasteiger partial charge in [0, 0.05) is 30.8 Å². The lowest BCUT2D eigenvalue weighted by atomic mass is 10.1. The summed E-state index contributed by atoms with van der Waals surface area (Å²) in [6.07, 6.45) is 3.00. The van der Waals surface area contributed by atoms with Gasteiger partial charge in [0.1, 0.15) is 4.83 Å². The van der Waals surface area contributed by atoms with Crippen LogP contribution < -0.4 is 10.9 Å². The number of hydrogen-bond acceptors (Lipinski definition) is 7. The summed E-state index contributed by atoms with van der Waals surface area (Å²) in [5, 5.41) is 5.54. The number of Topliss-reactive ketones (excluding diaryl/α,β-unsaturated/α-hetero) is 1. The Morgan fingerprint density at radius 2 is 1.93 bits per heavy atom. The summed E-state index contributed by atoms with van der Waals surface area (Å²) < 4.78 is 1.45. The normalized spacial score (nSPS) is 11.0. The van der Waals surface area contributed by atoms with Crippen molar-refractivity contribution in [2.75, 3.05) is 5.32 Å². The first-order valence-corrected chi connectivity index (χ1v) is 10.9. The lowest BCUT2D eigenvalue weighted by molar-refractivity contribution is -0.116. The summed E-state index contributed by atoms with van der Waals surface area (Å²) in [6, 6.07) is 8.00. The van der Waals surface area contributed by atoms with Crippen LogP contribution in [0.5, 0.6) is 0 Å². The van der Waals surface area contributed by atoms with E-state index in [0.29, 0.717) is 20.2 Å². The summed E-state index contributed by atoms with van der Waals surface area (Å²) in [7, 11) is 0. The molecule has 3 heterocycles. The Morgan fingerprint density at radius 1 is 1.17 bits per heavy atom.